The zero-order chi connectivity index (χ0) is 31.0. The lowest BCUT2D eigenvalue weighted by atomic mass is 9.77. The van der Waals surface area contributed by atoms with Crippen LogP contribution >= 0.6 is 0 Å². The summed E-state index contributed by atoms with van der Waals surface area (Å²) in [5.74, 6) is -2.43. The molecule has 2 aromatic rings. The minimum atomic E-state index is -5.31. The standard InChI is InChI=1S/C34H41F7O2/c1-2-3-4-5-23-6-8-24(9-7-23)10-11-25-12-14-26(15-13-25)27-16-18-28(19-17-27)42-22-33(37,38)43-29-20-30(35)32(31(36)21-29)34(39,40)41/h10-11,16-21,23-26H,2-9,12-15,22H2,1H3/b11-10+. The van der Waals surface area contributed by atoms with Crippen LogP contribution in [0, 0.1) is 29.4 Å². The molecule has 4 rings (SSSR count). The summed E-state index contributed by atoms with van der Waals surface area (Å²) in [5.41, 5.74) is -1.06. The third-order valence-corrected chi connectivity index (χ3v) is 8.86. The minimum Gasteiger partial charge on any atom is -0.483 e. The quantitative estimate of drug-likeness (QED) is 0.135. The molecule has 0 saturated heterocycles. The fourth-order valence-corrected chi connectivity index (χ4v) is 6.40. The average Bonchev–Trinajstić information content (AvgIpc) is 2.95. The predicted molar refractivity (Wildman–Crippen MR) is 152 cm³/mol. The van der Waals surface area contributed by atoms with Crippen molar-refractivity contribution in [2.45, 2.75) is 102 Å². The highest BCUT2D eigenvalue weighted by Gasteiger charge is 2.39. The van der Waals surface area contributed by atoms with Crippen LogP contribution in [0.5, 0.6) is 11.5 Å². The van der Waals surface area contributed by atoms with E-state index in [2.05, 4.69) is 23.8 Å². The SMILES string of the molecule is CCCCCC1CCC(/C=C/C2CCC(c3ccc(OCC(F)(F)Oc4cc(F)c(C(F)(F)F)c(F)c4)cc3)CC2)CC1. The van der Waals surface area contributed by atoms with Crippen molar-refractivity contribution < 1.29 is 40.2 Å². The zero-order valence-electron chi connectivity index (χ0n) is 24.6. The van der Waals surface area contributed by atoms with Gasteiger partial charge in [0, 0.05) is 12.1 Å². The Balaban J connectivity index is 1.20. The second-order valence-electron chi connectivity index (χ2n) is 12.1. The maximum absolute atomic E-state index is 14.2. The van der Waals surface area contributed by atoms with Crippen LogP contribution in [-0.4, -0.2) is 12.7 Å². The fourth-order valence-electron chi connectivity index (χ4n) is 6.40. The Morgan fingerprint density at radius 3 is 1.84 bits per heavy atom. The lowest BCUT2D eigenvalue weighted by Crippen LogP contribution is -2.32. The molecule has 0 heterocycles. The van der Waals surface area contributed by atoms with E-state index in [1.807, 2.05) is 12.1 Å². The van der Waals surface area contributed by atoms with Gasteiger partial charge in [0.1, 0.15) is 28.7 Å². The van der Waals surface area contributed by atoms with Crippen molar-refractivity contribution >= 4 is 0 Å². The molecular formula is C34H41F7O2. The summed E-state index contributed by atoms with van der Waals surface area (Å²) in [5, 5.41) is 0. The number of allylic oxidation sites excluding steroid dienone is 2. The van der Waals surface area contributed by atoms with Gasteiger partial charge >= 0.3 is 12.3 Å². The Bertz CT molecular complexity index is 1150. The predicted octanol–water partition coefficient (Wildman–Crippen LogP) is 11.3. The van der Waals surface area contributed by atoms with E-state index in [1.54, 1.807) is 12.1 Å². The molecule has 43 heavy (non-hydrogen) atoms. The molecule has 2 fully saturated rings. The van der Waals surface area contributed by atoms with Gasteiger partial charge in [0.05, 0.1) is 0 Å². The van der Waals surface area contributed by atoms with Crippen molar-refractivity contribution in [2.75, 3.05) is 6.61 Å². The van der Waals surface area contributed by atoms with Gasteiger partial charge in [0.25, 0.3) is 0 Å². The molecule has 2 saturated carbocycles. The first-order valence-electron chi connectivity index (χ1n) is 15.5. The first-order chi connectivity index (χ1) is 20.4. The largest absolute Gasteiger partial charge is 0.483 e. The molecule has 2 aromatic carbocycles. The molecule has 2 aliphatic rings. The third-order valence-electron chi connectivity index (χ3n) is 8.86. The molecule has 0 atom stereocenters. The lowest BCUT2D eigenvalue weighted by molar-refractivity contribution is -0.195. The van der Waals surface area contributed by atoms with Gasteiger partial charge in [0.2, 0.25) is 0 Å². The highest BCUT2D eigenvalue weighted by Crippen LogP contribution is 2.39. The molecule has 0 amide bonds. The monoisotopic (exact) mass is 614 g/mol. The van der Waals surface area contributed by atoms with E-state index in [9.17, 15) is 30.7 Å². The molecular weight excluding hydrogens is 573 g/mol. The normalized spacial score (nSPS) is 23.4. The summed E-state index contributed by atoms with van der Waals surface area (Å²) in [7, 11) is 0. The molecule has 0 spiro atoms. The number of alkyl halides is 5. The molecule has 0 N–H and O–H groups in total. The van der Waals surface area contributed by atoms with E-state index in [4.69, 9.17) is 4.74 Å². The number of unbranched alkanes of at least 4 members (excludes halogenated alkanes) is 2. The minimum absolute atomic E-state index is 0.0690. The first-order valence-corrected chi connectivity index (χ1v) is 15.5. The van der Waals surface area contributed by atoms with E-state index in [0.717, 1.165) is 37.2 Å². The summed E-state index contributed by atoms with van der Waals surface area (Å²) >= 11 is 0. The molecule has 9 heteroatoms. The third kappa shape index (κ3) is 9.90. The van der Waals surface area contributed by atoms with Crippen molar-refractivity contribution in [1.82, 2.24) is 0 Å². The van der Waals surface area contributed by atoms with Gasteiger partial charge in [-0.15, -0.1) is 0 Å². The summed E-state index contributed by atoms with van der Waals surface area (Å²) in [6.45, 7) is 0.957. The molecule has 0 bridgehead atoms. The topological polar surface area (TPSA) is 18.5 Å². The highest BCUT2D eigenvalue weighted by molar-refractivity contribution is 5.33. The van der Waals surface area contributed by atoms with Gasteiger partial charge in [0.15, 0.2) is 6.61 Å². The Morgan fingerprint density at radius 2 is 1.30 bits per heavy atom. The summed E-state index contributed by atoms with van der Waals surface area (Å²) in [6, 6.07) is 6.98. The number of halogens is 7. The van der Waals surface area contributed by atoms with Gasteiger partial charge in [-0.25, -0.2) is 8.78 Å². The van der Waals surface area contributed by atoms with Crippen LogP contribution in [0.25, 0.3) is 0 Å². The smallest absolute Gasteiger partial charge is 0.433 e. The molecule has 2 aliphatic carbocycles. The van der Waals surface area contributed by atoms with E-state index >= 15 is 0 Å². The van der Waals surface area contributed by atoms with Crippen LogP contribution in [0.1, 0.15) is 101 Å². The van der Waals surface area contributed by atoms with E-state index in [0.29, 0.717) is 17.8 Å². The molecule has 0 unspecified atom stereocenters. The Kier molecular flexibility index (Phi) is 11.5. The number of hydrogen-bond donors (Lipinski definition) is 0. The summed E-state index contributed by atoms with van der Waals surface area (Å²) in [6.07, 6.45) is 10.6. The van der Waals surface area contributed by atoms with Crippen LogP contribution in [-0.2, 0) is 6.18 Å². The fraction of sp³-hybridized carbons (Fsp3) is 0.588. The van der Waals surface area contributed by atoms with Crippen LogP contribution in [0.4, 0.5) is 30.7 Å². The summed E-state index contributed by atoms with van der Waals surface area (Å²) < 4.78 is 103. The maximum Gasteiger partial charge on any atom is 0.433 e. The molecule has 0 aromatic heterocycles. The molecule has 2 nitrogen and oxygen atoms in total. The Labute approximate surface area is 249 Å². The van der Waals surface area contributed by atoms with Crippen LogP contribution < -0.4 is 9.47 Å². The number of rotatable bonds is 12. The molecule has 0 aliphatic heterocycles. The van der Waals surface area contributed by atoms with E-state index in [1.165, 1.54) is 51.4 Å². The Morgan fingerprint density at radius 1 is 0.744 bits per heavy atom. The van der Waals surface area contributed by atoms with Gasteiger partial charge < -0.3 is 9.47 Å². The van der Waals surface area contributed by atoms with Gasteiger partial charge in [-0.05, 0) is 92.7 Å². The van der Waals surface area contributed by atoms with Crippen molar-refractivity contribution in [3.8, 4) is 11.5 Å². The van der Waals surface area contributed by atoms with Crippen molar-refractivity contribution in [3.63, 3.8) is 0 Å². The lowest BCUT2D eigenvalue weighted by Gasteiger charge is -2.29. The summed E-state index contributed by atoms with van der Waals surface area (Å²) in [4.78, 5) is 0. The highest BCUT2D eigenvalue weighted by atomic mass is 19.4. The molecule has 238 valence electrons. The van der Waals surface area contributed by atoms with Crippen molar-refractivity contribution in [3.05, 3.63) is 71.3 Å². The molecule has 0 radical (unpaired) electrons. The number of benzene rings is 2. The second kappa shape index (κ2) is 14.8. The van der Waals surface area contributed by atoms with Gasteiger partial charge in [-0.1, -0.05) is 56.9 Å². The van der Waals surface area contributed by atoms with Crippen LogP contribution in [0.3, 0.4) is 0 Å². The number of hydrogen-bond acceptors (Lipinski definition) is 2. The zero-order valence-corrected chi connectivity index (χ0v) is 24.6. The first kappa shape index (κ1) is 33.2. The second-order valence-corrected chi connectivity index (χ2v) is 12.1. The van der Waals surface area contributed by atoms with E-state index in [-0.39, 0.29) is 17.9 Å². The average molecular weight is 615 g/mol. The van der Waals surface area contributed by atoms with Gasteiger partial charge in [-0.2, -0.15) is 22.0 Å². The number of ether oxygens (including phenoxy) is 2. The van der Waals surface area contributed by atoms with Crippen molar-refractivity contribution in [2.24, 2.45) is 17.8 Å². The maximum atomic E-state index is 14.2. The van der Waals surface area contributed by atoms with E-state index < -0.39 is 41.8 Å². The van der Waals surface area contributed by atoms with Crippen LogP contribution in [0.15, 0.2) is 48.6 Å². The van der Waals surface area contributed by atoms with Gasteiger partial charge in [-0.3, -0.25) is 0 Å². The Hall–Kier alpha value is -2.71. The van der Waals surface area contributed by atoms with Crippen molar-refractivity contribution in [1.29, 1.82) is 0 Å². The van der Waals surface area contributed by atoms with Crippen LogP contribution in [0.2, 0.25) is 0 Å².